The zero-order chi connectivity index (χ0) is 40.1. The molecule has 1 unspecified atom stereocenters. The number of piperidine rings is 3. The van der Waals surface area contributed by atoms with Gasteiger partial charge < -0.3 is 19.4 Å². The summed E-state index contributed by atoms with van der Waals surface area (Å²) in [6.45, 7) is 6.41. The fraction of sp³-hybridized carbons (Fsp3) is 0.467. The van der Waals surface area contributed by atoms with Crippen LogP contribution >= 0.6 is 11.6 Å². The van der Waals surface area contributed by atoms with Crippen molar-refractivity contribution in [1.29, 1.82) is 5.26 Å². The molecule has 300 valence electrons. The van der Waals surface area contributed by atoms with Gasteiger partial charge in [-0.25, -0.2) is 0 Å². The first kappa shape index (κ1) is 38.3. The fourth-order valence-corrected chi connectivity index (χ4v) is 10.5. The highest BCUT2D eigenvalue weighted by molar-refractivity contribution is 6.31. The topological polar surface area (TPSA) is 143 Å². The maximum atomic E-state index is 13.5. The second-order valence-electron chi connectivity index (χ2n) is 17.0. The molecule has 9 rings (SSSR count). The van der Waals surface area contributed by atoms with E-state index < -0.39 is 23.8 Å². The van der Waals surface area contributed by atoms with Gasteiger partial charge in [0.05, 0.1) is 27.8 Å². The third kappa shape index (κ3) is 7.46. The maximum Gasteiger partial charge on any atom is 0.262 e. The van der Waals surface area contributed by atoms with Crippen molar-refractivity contribution >= 4 is 46.8 Å². The zero-order valence-electron chi connectivity index (χ0n) is 32.4. The first-order valence-electron chi connectivity index (χ1n) is 20.7. The van der Waals surface area contributed by atoms with Crippen LogP contribution in [0.25, 0.3) is 0 Å². The Labute approximate surface area is 343 Å². The monoisotopic (exact) mass is 802 g/mol. The Morgan fingerprint density at radius 1 is 0.828 bits per heavy atom. The molecule has 13 heteroatoms. The van der Waals surface area contributed by atoms with Gasteiger partial charge in [-0.1, -0.05) is 23.7 Å². The molecule has 58 heavy (non-hydrogen) atoms. The molecule has 1 N–H and O–H groups in total. The maximum absolute atomic E-state index is 13.5. The van der Waals surface area contributed by atoms with Crippen LogP contribution in [0.3, 0.4) is 0 Å². The Kier molecular flexibility index (Phi) is 10.4. The van der Waals surface area contributed by atoms with Gasteiger partial charge >= 0.3 is 0 Å². The van der Waals surface area contributed by atoms with Crippen LogP contribution in [0.4, 0.5) is 5.69 Å². The highest BCUT2D eigenvalue weighted by Crippen LogP contribution is 2.41. The van der Waals surface area contributed by atoms with Crippen LogP contribution in [0.1, 0.15) is 99.5 Å². The molecule has 12 nitrogen and oxygen atoms in total. The number of nitrogens with one attached hydrogen (secondary N) is 1. The van der Waals surface area contributed by atoms with E-state index in [1.165, 1.54) is 5.56 Å². The number of rotatable bonds is 8. The summed E-state index contributed by atoms with van der Waals surface area (Å²) in [5.74, 6) is 0.764. The van der Waals surface area contributed by atoms with E-state index in [-0.39, 0.29) is 30.8 Å². The number of anilines is 1. The van der Waals surface area contributed by atoms with Crippen LogP contribution in [0.5, 0.6) is 5.75 Å². The van der Waals surface area contributed by atoms with Gasteiger partial charge in [-0.05, 0) is 130 Å². The lowest BCUT2D eigenvalue weighted by molar-refractivity contribution is -0.136. The first-order valence-corrected chi connectivity index (χ1v) is 21.1. The van der Waals surface area contributed by atoms with Gasteiger partial charge in [-0.2, -0.15) is 5.26 Å². The number of carbonyl (C=O) groups is 5. The number of imide groups is 2. The Morgan fingerprint density at radius 2 is 1.53 bits per heavy atom. The van der Waals surface area contributed by atoms with E-state index in [1.807, 2.05) is 23.1 Å². The summed E-state index contributed by atoms with van der Waals surface area (Å²) in [6.07, 6.45) is 6.41. The average Bonchev–Trinajstić information content (AvgIpc) is 3.88. The van der Waals surface area contributed by atoms with Crippen molar-refractivity contribution in [3.8, 4) is 11.8 Å². The van der Waals surface area contributed by atoms with E-state index in [4.69, 9.17) is 21.6 Å². The summed E-state index contributed by atoms with van der Waals surface area (Å²) in [5.41, 5.74) is 4.03. The van der Waals surface area contributed by atoms with Gasteiger partial charge in [-0.3, -0.25) is 34.2 Å². The van der Waals surface area contributed by atoms with Crippen LogP contribution in [0.2, 0.25) is 5.02 Å². The summed E-state index contributed by atoms with van der Waals surface area (Å²) in [5, 5.41) is 11.8. The molecule has 0 radical (unpaired) electrons. The number of halogens is 1. The predicted molar refractivity (Wildman–Crippen MR) is 216 cm³/mol. The number of nitriles is 1. The third-order valence-corrected chi connectivity index (χ3v) is 13.8. The smallest absolute Gasteiger partial charge is 0.262 e. The minimum atomic E-state index is -0.965. The van der Waals surface area contributed by atoms with Gasteiger partial charge in [0.15, 0.2) is 0 Å². The molecule has 5 aliphatic heterocycles. The van der Waals surface area contributed by atoms with Gasteiger partial charge in [0.2, 0.25) is 11.8 Å². The summed E-state index contributed by atoms with van der Waals surface area (Å²) >= 11 is 6.20. The molecule has 1 saturated carbocycles. The van der Waals surface area contributed by atoms with Crippen molar-refractivity contribution in [3.05, 3.63) is 93.5 Å². The normalized spacial score (nSPS) is 25.5. The molecular weight excluding hydrogens is 756 g/mol. The number of amides is 5. The molecule has 5 fully saturated rings. The summed E-state index contributed by atoms with van der Waals surface area (Å²) in [4.78, 5) is 71.9. The van der Waals surface area contributed by atoms with Crippen molar-refractivity contribution < 1.29 is 28.7 Å². The molecule has 5 heterocycles. The van der Waals surface area contributed by atoms with Crippen molar-refractivity contribution in [2.24, 2.45) is 17.8 Å². The molecule has 4 saturated heterocycles. The number of hydrogen-bond acceptors (Lipinski definition) is 9. The predicted octanol–water partition coefficient (Wildman–Crippen LogP) is 5.64. The van der Waals surface area contributed by atoms with Gasteiger partial charge in [0.25, 0.3) is 17.7 Å². The Morgan fingerprint density at radius 3 is 2.21 bits per heavy atom. The molecule has 0 bridgehead atoms. The number of fused-ring (bicyclic) bond motifs is 2. The third-order valence-electron chi connectivity index (χ3n) is 13.5. The summed E-state index contributed by atoms with van der Waals surface area (Å²) < 4.78 is 6.21. The number of ether oxygens (including phenoxy) is 1. The highest BCUT2D eigenvalue weighted by Gasteiger charge is 2.45. The Bertz CT molecular complexity index is 2180. The molecule has 5 amide bonds. The van der Waals surface area contributed by atoms with E-state index in [0.717, 1.165) is 100 Å². The van der Waals surface area contributed by atoms with Crippen LogP contribution in [-0.2, 0) is 9.59 Å². The molecule has 0 aromatic heterocycles. The summed E-state index contributed by atoms with van der Waals surface area (Å²) in [6, 6.07) is 20.0. The molecular formula is C45H47ClN6O6. The lowest BCUT2D eigenvalue weighted by Gasteiger charge is -2.38. The Hall–Kier alpha value is -5.25. The molecule has 3 aromatic carbocycles. The van der Waals surface area contributed by atoms with Crippen LogP contribution < -0.4 is 15.0 Å². The van der Waals surface area contributed by atoms with Crippen LogP contribution in [0.15, 0.2) is 60.7 Å². The van der Waals surface area contributed by atoms with E-state index in [0.29, 0.717) is 51.1 Å². The molecule has 4 atom stereocenters. The van der Waals surface area contributed by atoms with E-state index in [9.17, 15) is 24.0 Å². The number of likely N-dealkylation sites (tertiary alicyclic amines) is 2. The van der Waals surface area contributed by atoms with Crippen molar-refractivity contribution in [2.45, 2.75) is 69.4 Å². The minimum absolute atomic E-state index is 0.0872. The summed E-state index contributed by atoms with van der Waals surface area (Å²) in [7, 11) is 0. The molecule has 3 aromatic rings. The number of hydrogen-bond donors (Lipinski definition) is 1. The van der Waals surface area contributed by atoms with Gasteiger partial charge in [-0.15, -0.1) is 0 Å². The highest BCUT2D eigenvalue weighted by atomic mass is 35.5. The Balaban J connectivity index is 0.709. The number of nitrogens with zero attached hydrogens (tertiary/aromatic N) is 5. The van der Waals surface area contributed by atoms with E-state index in [2.05, 4.69) is 33.3 Å². The molecule has 0 spiro atoms. The zero-order valence-corrected chi connectivity index (χ0v) is 33.2. The van der Waals surface area contributed by atoms with Crippen LogP contribution in [-0.4, -0.2) is 102 Å². The van der Waals surface area contributed by atoms with Crippen molar-refractivity contribution in [2.75, 3.05) is 50.7 Å². The standard InChI is InChI=1S/C45H47ClN6O6/c46-39-22-35(7-5-31(39)23-47)58-36-19-32-25-51(26-33(32)20-36)43(55)30-3-1-28(2-4-30)29-13-15-49(16-14-29)24-27-11-17-50(18-12-27)34-6-8-37-38(21-34)45(57)52(44(37)56)40-9-10-41(53)48-42(40)54/h1-8,21-22,27,29,32-33,36,40H,9-20,24-26H2,(H,48,53,54)/t32-,33+,36+,40?. The van der Waals surface area contributed by atoms with Gasteiger partial charge in [0, 0.05) is 56.5 Å². The quantitative estimate of drug-likeness (QED) is 0.287. The number of carbonyl (C=O) groups excluding carboxylic acids is 5. The SMILES string of the molecule is N#Cc1ccc(O[C@H]2C[C@@H]3CN(C(=O)c4ccc(C5CCN(CC6CCN(c7ccc8c(c7)C(=O)N(C7CCC(=O)NC7=O)C8=O)CC6)CC5)cc4)C[C@@H]3C2)cc1Cl. The molecule has 1 aliphatic carbocycles. The largest absolute Gasteiger partial charge is 0.490 e. The van der Waals surface area contributed by atoms with Crippen molar-refractivity contribution in [3.63, 3.8) is 0 Å². The second kappa shape index (κ2) is 15.8. The minimum Gasteiger partial charge on any atom is -0.490 e. The first-order chi connectivity index (χ1) is 28.1. The van der Waals surface area contributed by atoms with Gasteiger partial charge in [0.1, 0.15) is 17.9 Å². The second-order valence-corrected chi connectivity index (χ2v) is 17.4. The number of benzene rings is 3. The average molecular weight is 803 g/mol. The van der Waals surface area contributed by atoms with E-state index in [1.54, 1.807) is 30.3 Å². The fourth-order valence-electron chi connectivity index (χ4n) is 10.3. The van der Waals surface area contributed by atoms with E-state index >= 15 is 0 Å². The lowest BCUT2D eigenvalue weighted by Crippen LogP contribution is -2.54. The van der Waals surface area contributed by atoms with Crippen molar-refractivity contribution in [1.82, 2.24) is 20.0 Å². The molecule has 6 aliphatic rings. The lowest BCUT2D eigenvalue weighted by atomic mass is 9.88. The van der Waals surface area contributed by atoms with Crippen LogP contribution in [0, 0.1) is 29.1 Å².